The van der Waals surface area contributed by atoms with Gasteiger partial charge in [0.2, 0.25) is 0 Å². The van der Waals surface area contributed by atoms with Gasteiger partial charge in [-0.1, -0.05) is 0 Å². The van der Waals surface area contributed by atoms with Crippen molar-refractivity contribution in [2.24, 2.45) is 0 Å². The van der Waals surface area contributed by atoms with Gasteiger partial charge in [-0.2, -0.15) is 0 Å². The van der Waals surface area contributed by atoms with Gasteiger partial charge in [0.1, 0.15) is 0 Å². The first-order valence-electron chi connectivity index (χ1n) is 4.15. The molecule has 1 aromatic heterocycles. The smallest absolute Gasteiger partial charge is 0.860 e. The van der Waals surface area contributed by atoms with Gasteiger partial charge < -0.3 is 14.4 Å². The zero-order chi connectivity index (χ0) is 10.6. The number of hydrogen-bond acceptors (Lipinski definition) is 4. The van der Waals surface area contributed by atoms with Crippen molar-refractivity contribution in [1.29, 1.82) is 0 Å². The van der Waals surface area contributed by atoms with Gasteiger partial charge in [0.15, 0.2) is 0 Å². The van der Waals surface area contributed by atoms with Gasteiger partial charge >= 0.3 is 35.2 Å². The molecule has 0 radical (unpaired) electrons. The standard InChI is InChI=1S/C8H12N2O4.Na/c1-14-4-2-3-10-7(12)5-6(11)9-8(10)13;/h5,12H,2-4H2,1H3,(H,9,11,13);/q;+1/p-1. The van der Waals surface area contributed by atoms with Gasteiger partial charge in [0.25, 0.3) is 5.56 Å². The molecule has 1 rings (SSSR count). The number of rotatable bonds is 4. The van der Waals surface area contributed by atoms with Crippen LogP contribution in [0.3, 0.4) is 0 Å². The number of ether oxygens (including phenoxy) is 1. The van der Waals surface area contributed by atoms with Crippen LogP contribution in [-0.4, -0.2) is 23.3 Å². The average Bonchev–Trinajstić information content (AvgIpc) is 2.09. The molecule has 0 aliphatic rings. The van der Waals surface area contributed by atoms with E-state index in [-0.39, 0.29) is 36.1 Å². The summed E-state index contributed by atoms with van der Waals surface area (Å²) in [5.41, 5.74) is -1.33. The number of aromatic amines is 1. The number of hydrogen-bond donors (Lipinski definition) is 1. The molecule has 0 fully saturated rings. The molecule has 0 aromatic carbocycles. The molecule has 0 saturated heterocycles. The molecule has 15 heavy (non-hydrogen) atoms. The Bertz CT molecular complexity index is 412. The second kappa shape index (κ2) is 6.84. The minimum atomic E-state index is -0.668. The van der Waals surface area contributed by atoms with Crippen molar-refractivity contribution in [3.63, 3.8) is 0 Å². The molecule has 1 aromatic rings. The largest absolute Gasteiger partial charge is 1.00 e. The fourth-order valence-corrected chi connectivity index (χ4v) is 1.08. The van der Waals surface area contributed by atoms with Crippen LogP contribution in [0, 0.1) is 0 Å². The van der Waals surface area contributed by atoms with E-state index in [1.807, 2.05) is 4.98 Å². The van der Waals surface area contributed by atoms with Gasteiger partial charge in [-0.3, -0.25) is 9.78 Å². The van der Waals surface area contributed by atoms with E-state index in [1.54, 1.807) is 0 Å². The third-order valence-corrected chi connectivity index (χ3v) is 1.73. The van der Waals surface area contributed by atoms with Crippen molar-refractivity contribution in [2.75, 3.05) is 13.7 Å². The molecular weight excluding hydrogens is 211 g/mol. The summed E-state index contributed by atoms with van der Waals surface area (Å²) in [4.78, 5) is 23.8. The molecule has 7 heteroatoms. The van der Waals surface area contributed by atoms with E-state index in [9.17, 15) is 14.7 Å². The molecular formula is C8H11N2NaO4. The van der Waals surface area contributed by atoms with Crippen LogP contribution in [0.1, 0.15) is 6.42 Å². The van der Waals surface area contributed by atoms with Crippen LogP contribution in [0.4, 0.5) is 0 Å². The molecule has 1 heterocycles. The minimum Gasteiger partial charge on any atom is -0.860 e. The number of H-pyrrole nitrogens is 1. The van der Waals surface area contributed by atoms with E-state index >= 15 is 0 Å². The van der Waals surface area contributed by atoms with Gasteiger partial charge in [-0.25, -0.2) is 4.79 Å². The molecule has 78 valence electrons. The predicted molar refractivity (Wildman–Crippen MR) is 47.3 cm³/mol. The first kappa shape index (κ1) is 14.4. The number of nitrogens with one attached hydrogen (secondary N) is 1. The van der Waals surface area contributed by atoms with Crippen LogP contribution in [0.2, 0.25) is 0 Å². The first-order valence-corrected chi connectivity index (χ1v) is 4.15. The van der Waals surface area contributed by atoms with Crippen LogP contribution >= 0.6 is 0 Å². The number of aromatic nitrogens is 2. The summed E-state index contributed by atoms with van der Waals surface area (Å²) in [5.74, 6) is -0.574. The van der Waals surface area contributed by atoms with E-state index in [4.69, 9.17) is 4.74 Å². The second-order valence-electron chi connectivity index (χ2n) is 2.77. The fraction of sp³-hybridized carbons (Fsp3) is 0.500. The minimum absolute atomic E-state index is 0. The molecule has 0 spiro atoms. The number of methoxy groups -OCH3 is 1. The van der Waals surface area contributed by atoms with E-state index in [1.165, 1.54) is 7.11 Å². The van der Waals surface area contributed by atoms with Crippen LogP contribution in [0.5, 0.6) is 5.88 Å². The second-order valence-corrected chi connectivity index (χ2v) is 2.77. The zero-order valence-corrected chi connectivity index (χ0v) is 10.8. The van der Waals surface area contributed by atoms with Crippen molar-refractivity contribution in [1.82, 2.24) is 9.55 Å². The molecule has 1 N–H and O–H groups in total. The van der Waals surface area contributed by atoms with Crippen molar-refractivity contribution < 1.29 is 39.4 Å². The van der Waals surface area contributed by atoms with Crippen LogP contribution in [-0.2, 0) is 11.3 Å². The van der Waals surface area contributed by atoms with E-state index in [0.717, 1.165) is 10.6 Å². The maximum Gasteiger partial charge on any atom is 1.00 e. The maximum absolute atomic E-state index is 11.2. The Kier molecular flexibility index (Phi) is 6.58. The summed E-state index contributed by atoms with van der Waals surface area (Å²) in [6.07, 6.45) is 0.553. The van der Waals surface area contributed by atoms with Crippen LogP contribution < -0.4 is 45.9 Å². The molecule has 0 bridgehead atoms. The fourth-order valence-electron chi connectivity index (χ4n) is 1.08. The Morgan fingerprint density at radius 3 is 2.73 bits per heavy atom. The maximum atomic E-state index is 11.2. The van der Waals surface area contributed by atoms with E-state index in [0.29, 0.717) is 13.0 Å². The summed E-state index contributed by atoms with van der Waals surface area (Å²) >= 11 is 0. The SMILES string of the molecule is COCCCn1c([O-])cc(=O)[nH]c1=O.[Na+]. The summed E-state index contributed by atoms with van der Waals surface area (Å²) in [6, 6.07) is 0.855. The van der Waals surface area contributed by atoms with Gasteiger partial charge in [0.05, 0.1) is 0 Å². The van der Waals surface area contributed by atoms with E-state index in [2.05, 4.69) is 0 Å². The monoisotopic (exact) mass is 222 g/mol. The quantitative estimate of drug-likeness (QED) is 0.412. The van der Waals surface area contributed by atoms with Crippen molar-refractivity contribution >= 4 is 0 Å². The summed E-state index contributed by atoms with van der Waals surface area (Å²) in [6.45, 7) is 0.716. The van der Waals surface area contributed by atoms with Gasteiger partial charge in [-0.15, -0.1) is 0 Å². The van der Waals surface area contributed by atoms with Gasteiger partial charge in [-0.05, 0) is 12.3 Å². The Labute approximate surface area is 108 Å². The van der Waals surface area contributed by atoms with Crippen molar-refractivity contribution in [3.05, 3.63) is 26.9 Å². The Morgan fingerprint density at radius 2 is 2.20 bits per heavy atom. The van der Waals surface area contributed by atoms with Crippen LogP contribution in [0.15, 0.2) is 15.7 Å². The Balaban J connectivity index is 0.00000196. The average molecular weight is 222 g/mol. The van der Waals surface area contributed by atoms with E-state index < -0.39 is 17.1 Å². The zero-order valence-electron chi connectivity index (χ0n) is 8.78. The van der Waals surface area contributed by atoms with Crippen molar-refractivity contribution in [3.8, 4) is 5.88 Å². The summed E-state index contributed by atoms with van der Waals surface area (Å²) in [5, 5.41) is 11.2. The third-order valence-electron chi connectivity index (χ3n) is 1.73. The Hall–Kier alpha value is -0.560. The molecule has 6 nitrogen and oxygen atoms in total. The molecule has 0 amide bonds. The van der Waals surface area contributed by atoms with Crippen LogP contribution in [0.25, 0.3) is 0 Å². The van der Waals surface area contributed by atoms with Gasteiger partial charge in [0, 0.05) is 26.3 Å². The van der Waals surface area contributed by atoms with Crippen molar-refractivity contribution in [2.45, 2.75) is 13.0 Å². The first-order chi connectivity index (χ1) is 6.65. The number of nitrogens with zero attached hydrogens (tertiary/aromatic N) is 1. The topological polar surface area (TPSA) is 87.2 Å². The molecule has 0 atom stereocenters. The summed E-state index contributed by atoms with van der Waals surface area (Å²) in [7, 11) is 1.54. The molecule has 0 saturated carbocycles. The predicted octanol–water partition coefficient (Wildman–Crippen LogP) is -4.35. The third kappa shape index (κ3) is 4.21. The molecule has 0 unspecified atom stereocenters. The normalized spacial score (nSPS) is 9.67. The molecule has 0 aliphatic carbocycles. The summed E-state index contributed by atoms with van der Waals surface area (Å²) < 4.78 is 5.75. The Morgan fingerprint density at radius 1 is 1.53 bits per heavy atom. The molecule has 0 aliphatic heterocycles.